The zero-order chi connectivity index (χ0) is 10.9. The van der Waals surface area contributed by atoms with Crippen LogP contribution in [0.3, 0.4) is 0 Å². The molecule has 0 radical (unpaired) electrons. The van der Waals surface area contributed by atoms with Gasteiger partial charge in [0, 0.05) is 25.1 Å². The van der Waals surface area contributed by atoms with E-state index >= 15 is 0 Å². The molecular weight excluding hydrogens is 186 g/mol. The molecule has 0 aromatic heterocycles. The maximum Gasteiger partial charge on any atom is 0.0499 e. The Morgan fingerprint density at radius 1 is 1.33 bits per heavy atom. The molecule has 2 fully saturated rings. The SMILES string of the molecule is CC1CC1CN(C)CC1(CO)CCCC1. The zero-order valence-electron chi connectivity index (χ0n) is 10.2. The molecule has 2 saturated carbocycles. The lowest BCUT2D eigenvalue weighted by Gasteiger charge is -2.31. The summed E-state index contributed by atoms with van der Waals surface area (Å²) in [5.74, 6) is 1.88. The van der Waals surface area contributed by atoms with Crippen molar-refractivity contribution in [2.24, 2.45) is 17.3 Å². The third-order valence-electron chi connectivity index (χ3n) is 4.43. The minimum atomic E-state index is 0.243. The molecule has 2 rings (SSSR count). The summed E-state index contributed by atoms with van der Waals surface area (Å²) in [6.07, 6.45) is 6.50. The predicted octanol–water partition coefficient (Wildman–Crippen LogP) is 2.13. The van der Waals surface area contributed by atoms with Crippen molar-refractivity contribution in [1.29, 1.82) is 0 Å². The van der Waals surface area contributed by atoms with Crippen LogP contribution in [-0.2, 0) is 0 Å². The fourth-order valence-electron chi connectivity index (χ4n) is 3.18. The van der Waals surface area contributed by atoms with E-state index in [9.17, 15) is 5.11 Å². The number of hydrogen-bond acceptors (Lipinski definition) is 2. The van der Waals surface area contributed by atoms with Crippen molar-refractivity contribution in [2.45, 2.75) is 39.0 Å². The number of aliphatic hydroxyl groups is 1. The molecule has 2 aliphatic rings. The summed E-state index contributed by atoms with van der Waals surface area (Å²) in [7, 11) is 2.22. The Labute approximate surface area is 93.7 Å². The highest BCUT2D eigenvalue weighted by atomic mass is 16.3. The zero-order valence-corrected chi connectivity index (χ0v) is 10.2. The van der Waals surface area contributed by atoms with Gasteiger partial charge >= 0.3 is 0 Å². The number of aliphatic hydroxyl groups excluding tert-OH is 1. The van der Waals surface area contributed by atoms with E-state index in [1.165, 1.54) is 38.6 Å². The van der Waals surface area contributed by atoms with E-state index in [0.717, 1.165) is 18.4 Å². The molecule has 0 saturated heterocycles. The molecular formula is C13H25NO. The molecule has 2 atom stereocenters. The van der Waals surface area contributed by atoms with Crippen LogP contribution < -0.4 is 0 Å². The largest absolute Gasteiger partial charge is 0.396 e. The van der Waals surface area contributed by atoms with E-state index in [-0.39, 0.29) is 5.41 Å². The Morgan fingerprint density at radius 2 is 1.93 bits per heavy atom. The molecule has 0 heterocycles. The topological polar surface area (TPSA) is 23.5 Å². The van der Waals surface area contributed by atoms with Gasteiger partial charge in [-0.2, -0.15) is 0 Å². The van der Waals surface area contributed by atoms with E-state index in [2.05, 4.69) is 18.9 Å². The second kappa shape index (κ2) is 4.42. The van der Waals surface area contributed by atoms with Gasteiger partial charge in [-0.1, -0.05) is 19.8 Å². The Hall–Kier alpha value is -0.0800. The van der Waals surface area contributed by atoms with E-state index in [0.29, 0.717) is 6.61 Å². The van der Waals surface area contributed by atoms with Gasteiger partial charge in [-0.15, -0.1) is 0 Å². The summed E-state index contributed by atoms with van der Waals surface area (Å²) in [5.41, 5.74) is 0.243. The molecule has 15 heavy (non-hydrogen) atoms. The predicted molar refractivity (Wildman–Crippen MR) is 62.8 cm³/mol. The molecule has 2 unspecified atom stereocenters. The van der Waals surface area contributed by atoms with Crippen molar-refractivity contribution in [3.05, 3.63) is 0 Å². The number of rotatable bonds is 5. The highest BCUT2D eigenvalue weighted by Gasteiger charge is 2.37. The van der Waals surface area contributed by atoms with Gasteiger partial charge in [0.15, 0.2) is 0 Å². The normalized spacial score (nSPS) is 33.6. The van der Waals surface area contributed by atoms with Crippen molar-refractivity contribution < 1.29 is 5.11 Å². The smallest absolute Gasteiger partial charge is 0.0499 e. The Bertz CT molecular complexity index is 211. The first-order valence-corrected chi connectivity index (χ1v) is 6.45. The van der Waals surface area contributed by atoms with Gasteiger partial charge in [-0.3, -0.25) is 0 Å². The minimum absolute atomic E-state index is 0.243. The number of nitrogens with zero attached hydrogens (tertiary/aromatic N) is 1. The third kappa shape index (κ3) is 2.73. The second-order valence-electron chi connectivity index (χ2n) is 6.04. The van der Waals surface area contributed by atoms with Gasteiger partial charge in [0.25, 0.3) is 0 Å². The molecule has 0 bridgehead atoms. The first-order valence-electron chi connectivity index (χ1n) is 6.45. The Morgan fingerprint density at radius 3 is 2.40 bits per heavy atom. The van der Waals surface area contributed by atoms with Gasteiger partial charge < -0.3 is 10.0 Å². The molecule has 2 nitrogen and oxygen atoms in total. The summed E-state index contributed by atoms with van der Waals surface area (Å²) < 4.78 is 0. The molecule has 0 aliphatic heterocycles. The summed E-state index contributed by atoms with van der Waals surface area (Å²) in [6.45, 7) is 5.07. The fourth-order valence-corrected chi connectivity index (χ4v) is 3.18. The highest BCUT2D eigenvalue weighted by Crippen LogP contribution is 2.41. The summed E-state index contributed by atoms with van der Waals surface area (Å²) in [5, 5.41) is 9.54. The van der Waals surface area contributed by atoms with Gasteiger partial charge in [0.05, 0.1) is 0 Å². The average molecular weight is 211 g/mol. The van der Waals surface area contributed by atoms with Crippen molar-refractivity contribution in [3.8, 4) is 0 Å². The van der Waals surface area contributed by atoms with Gasteiger partial charge in [0.2, 0.25) is 0 Å². The van der Waals surface area contributed by atoms with Crippen LogP contribution in [-0.4, -0.2) is 36.8 Å². The van der Waals surface area contributed by atoms with Crippen LogP contribution >= 0.6 is 0 Å². The standard InChI is InChI=1S/C13H25NO/c1-11-7-12(11)8-14(2)9-13(10-15)5-3-4-6-13/h11-12,15H,3-10H2,1-2H3. The van der Waals surface area contributed by atoms with Crippen LogP contribution in [0.25, 0.3) is 0 Å². The highest BCUT2D eigenvalue weighted by molar-refractivity contribution is 4.89. The first-order chi connectivity index (χ1) is 7.15. The quantitative estimate of drug-likeness (QED) is 0.753. The Kier molecular flexibility index (Phi) is 3.36. The van der Waals surface area contributed by atoms with E-state index < -0.39 is 0 Å². The minimum Gasteiger partial charge on any atom is -0.396 e. The van der Waals surface area contributed by atoms with Crippen LogP contribution in [0.15, 0.2) is 0 Å². The molecule has 88 valence electrons. The monoisotopic (exact) mass is 211 g/mol. The molecule has 0 spiro atoms. The van der Waals surface area contributed by atoms with Crippen LogP contribution in [0.1, 0.15) is 39.0 Å². The van der Waals surface area contributed by atoms with Gasteiger partial charge in [-0.25, -0.2) is 0 Å². The van der Waals surface area contributed by atoms with Crippen molar-refractivity contribution in [1.82, 2.24) is 4.90 Å². The number of hydrogen-bond donors (Lipinski definition) is 1. The van der Waals surface area contributed by atoms with E-state index in [1.807, 2.05) is 0 Å². The van der Waals surface area contributed by atoms with Crippen LogP contribution in [0.2, 0.25) is 0 Å². The summed E-state index contributed by atoms with van der Waals surface area (Å²) in [6, 6.07) is 0. The van der Waals surface area contributed by atoms with Crippen LogP contribution in [0.4, 0.5) is 0 Å². The fraction of sp³-hybridized carbons (Fsp3) is 1.00. The lowest BCUT2D eigenvalue weighted by atomic mass is 9.86. The van der Waals surface area contributed by atoms with Crippen LogP contribution in [0.5, 0.6) is 0 Å². The average Bonchev–Trinajstić information content (AvgIpc) is 2.71. The van der Waals surface area contributed by atoms with Gasteiger partial charge in [0.1, 0.15) is 0 Å². The lowest BCUT2D eigenvalue weighted by Crippen LogP contribution is -2.37. The molecule has 0 aromatic carbocycles. The Balaban J connectivity index is 1.78. The molecule has 0 aromatic rings. The van der Waals surface area contributed by atoms with Crippen LogP contribution in [0, 0.1) is 17.3 Å². The summed E-state index contributed by atoms with van der Waals surface area (Å²) >= 11 is 0. The van der Waals surface area contributed by atoms with Crippen molar-refractivity contribution in [3.63, 3.8) is 0 Å². The molecule has 1 N–H and O–H groups in total. The molecule has 2 aliphatic carbocycles. The first kappa shape index (κ1) is 11.4. The van der Waals surface area contributed by atoms with E-state index in [1.54, 1.807) is 0 Å². The second-order valence-corrected chi connectivity index (χ2v) is 6.04. The van der Waals surface area contributed by atoms with Gasteiger partial charge in [-0.05, 0) is 38.1 Å². The third-order valence-corrected chi connectivity index (χ3v) is 4.43. The molecule has 0 amide bonds. The van der Waals surface area contributed by atoms with Crippen molar-refractivity contribution in [2.75, 3.05) is 26.7 Å². The van der Waals surface area contributed by atoms with Crippen molar-refractivity contribution >= 4 is 0 Å². The summed E-state index contributed by atoms with van der Waals surface area (Å²) in [4.78, 5) is 2.45. The molecule has 2 heteroatoms. The lowest BCUT2D eigenvalue weighted by molar-refractivity contribution is 0.0868. The maximum atomic E-state index is 9.54. The maximum absolute atomic E-state index is 9.54. The van der Waals surface area contributed by atoms with E-state index in [4.69, 9.17) is 0 Å².